The Morgan fingerprint density at radius 1 is 1.04 bits per heavy atom. The number of hydrogen-bond acceptors (Lipinski definition) is 4. The van der Waals surface area contributed by atoms with Crippen LogP contribution < -0.4 is 11.4 Å². The number of imidazole rings is 1. The van der Waals surface area contributed by atoms with Crippen LogP contribution >= 0.6 is 11.3 Å². The van der Waals surface area contributed by atoms with Gasteiger partial charge >= 0.3 is 0 Å². The number of rotatable bonds is 2. The number of nitrogens with one attached hydrogen (secondary N) is 1. The molecular formula is C20H14N4OS. The van der Waals surface area contributed by atoms with Crippen LogP contribution in [-0.4, -0.2) is 14.6 Å². The summed E-state index contributed by atoms with van der Waals surface area (Å²) in [7, 11) is 0. The summed E-state index contributed by atoms with van der Waals surface area (Å²) in [5.41, 5.74) is 3.70. The van der Waals surface area contributed by atoms with E-state index < -0.39 is 0 Å². The van der Waals surface area contributed by atoms with Crippen LogP contribution in [0.3, 0.4) is 0 Å². The van der Waals surface area contributed by atoms with E-state index in [1.54, 1.807) is 11.3 Å². The Balaban J connectivity index is 1.71. The largest absolute Gasteiger partial charge is 0.338 e. The lowest BCUT2D eigenvalue weighted by atomic mass is 10.1. The van der Waals surface area contributed by atoms with Crippen molar-refractivity contribution in [2.75, 3.05) is 5.84 Å². The quantitative estimate of drug-likeness (QED) is 0.469. The summed E-state index contributed by atoms with van der Waals surface area (Å²) in [4.78, 5) is 21.8. The van der Waals surface area contributed by atoms with Crippen molar-refractivity contribution in [2.45, 2.75) is 0 Å². The molecule has 3 aromatic heterocycles. The minimum atomic E-state index is -0.277. The van der Waals surface area contributed by atoms with Crippen LogP contribution in [0.5, 0.6) is 0 Å². The summed E-state index contributed by atoms with van der Waals surface area (Å²) in [6.07, 6.45) is 0. The molecule has 0 saturated carbocycles. The van der Waals surface area contributed by atoms with Crippen LogP contribution in [0, 0.1) is 0 Å². The summed E-state index contributed by atoms with van der Waals surface area (Å²) in [6.45, 7) is 0. The average molecular weight is 358 g/mol. The molecule has 5 rings (SSSR count). The zero-order valence-electron chi connectivity index (χ0n) is 13.6. The molecular weight excluding hydrogens is 344 g/mol. The minimum absolute atomic E-state index is 0.277. The van der Waals surface area contributed by atoms with E-state index in [1.807, 2.05) is 48.5 Å². The van der Waals surface area contributed by atoms with E-state index in [0.29, 0.717) is 16.9 Å². The van der Waals surface area contributed by atoms with Gasteiger partial charge in [0.25, 0.3) is 5.56 Å². The molecule has 0 saturated heterocycles. The molecule has 0 bridgehead atoms. The lowest BCUT2D eigenvalue weighted by Gasteiger charge is -2.06. The third-order valence-electron chi connectivity index (χ3n) is 4.49. The molecule has 0 amide bonds. The number of H-pyrrole nitrogens is 1. The van der Waals surface area contributed by atoms with Crippen molar-refractivity contribution >= 4 is 33.3 Å². The monoisotopic (exact) mass is 358 g/mol. The maximum absolute atomic E-state index is 12.7. The van der Waals surface area contributed by atoms with E-state index >= 15 is 0 Å². The normalized spacial score (nSPS) is 11.4. The van der Waals surface area contributed by atoms with E-state index in [9.17, 15) is 4.79 Å². The van der Waals surface area contributed by atoms with Crippen LogP contribution in [0.1, 0.15) is 0 Å². The number of aromatic amines is 1. The molecule has 3 heterocycles. The van der Waals surface area contributed by atoms with Crippen molar-refractivity contribution in [3.05, 3.63) is 76.4 Å². The zero-order chi connectivity index (χ0) is 17.7. The van der Waals surface area contributed by atoms with E-state index in [4.69, 9.17) is 5.84 Å². The molecule has 3 N–H and O–H groups in total. The standard InChI is InChI=1S/C20H14N4OS/c21-24-17-5-2-1-4-12(17)10-14(20(24)25)19-22-15-8-7-13(11-16(15)23-19)18-6-3-9-26-18/h1-11H,21H2,(H,22,23). The lowest BCUT2D eigenvalue weighted by Crippen LogP contribution is -2.28. The summed E-state index contributed by atoms with van der Waals surface area (Å²) < 4.78 is 1.18. The van der Waals surface area contributed by atoms with Gasteiger partial charge in [-0.05, 0) is 41.3 Å². The summed E-state index contributed by atoms with van der Waals surface area (Å²) in [5, 5.41) is 2.95. The van der Waals surface area contributed by atoms with Gasteiger partial charge < -0.3 is 10.8 Å². The van der Waals surface area contributed by atoms with Crippen LogP contribution in [-0.2, 0) is 0 Å². The molecule has 5 aromatic rings. The highest BCUT2D eigenvalue weighted by molar-refractivity contribution is 7.13. The molecule has 0 unspecified atom stereocenters. The first kappa shape index (κ1) is 14.9. The van der Waals surface area contributed by atoms with Gasteiger partial charge in [0.05, 0.1) is 22.1 Å². The number of hydrogen-bond donors (Lipinski definition) is 2. The number of thiophene rings is 1. The second kappa shape index (κ2) is 5.57. The van der Waals surface area contributed by atoms with Gasteiger partial charge in [-0.15, -0.1) is 11.3 Å². The Bertz CT molecular complexity index is 1320. The summed E-state index contributed by atoms with van der Waals surface area (Å²) in [5.74, 6) is 6.53. The molecule has 0 radical (unpaired) electrons. The van der Waals surface area contributed by atoms with Crippen LogP contribution in [0.15, 0.2) is 70.8 Å². The van der Waals surface area contributed by atoms with E-state index in [2.05, 4.69) is 27.5 Å². The van der Waals surface area contributed by atoms with Crippen molar-refractivity contribution in [1.82, 2.24) is 14.6 Å². The number of nitrogens with zero attached hydrogens (tertiary/aromatic N) is 2. The minimum Gasteiger partial charge on any atom is -0.338 e. The van der Waals surface area contributed by atoms with Gasteiger partial charge in [0.15, 0.2) is 0 Å². The Hall–Kier alpha value is -3.38. The second-order valence-corrected chi connectivity index (χ2v) is 7.03. The fourth-order valence-electron chi connectivity index (χ4n) is 3.19. The molecule has 6 heteroatoms. The maximum Gasteiger partial charge on any atom is 0.280 e. The molecule has 0 fully saturated rings. The molecule has 0 atom stereocenters. The van der Waals surface area contributed by atoms with Gasteiger partial charge in [-0.25, -0.2) is 9.66 Å². The summed E-state index contributed by atoms with van der Waals surface area (Å²) >= 11 is 1.69. The number of aromatic nitrogens is 3. The molecule has 2 aromatic carbocycles. The zero-order valence-corrected chi connectivity index (χ0v) is 14.5. The second-order valence-electron chi connectivity index (χ2n) is 6.09. The van der Waals surface area contributed by atoms with E-state index in [-0.39, 0.29) is 5.56 Å². The lowest BCUT2D eigenvalue weighted by molar-refractivity contribution is 0.987. The van der Waals surface area contributed by atoms with Gasteiger partial charge in [-0.3, -0.25) is 4.79 Å². The molecule has 126 valence electrons. The fourth-order valence-corrected chi connectivity index (χ4v) is 3.91. The number of nitrogens with two attached hydrogens (primary N) is 1. The third-order valence-corrected chi connectivity index (χ3v) is 5.41. The third kappa shape index (κ3) is 2.23. The van der Waals surface area contributed by atoms with Gasteiger partial charge in [-0.1, -0.05) is 30.3 Å². The SMILES string of the molecule is Nn1c(=O)c(-c2nc3ccc(-c4cccs4)cc3[nH]2)cc2ccccc21. The number of benzene rings is 2. The molecule has 26 heavy (non-hydrogen) atoms. The smallest absolute Gasteiger partial charge is 0.280 e. The predicted octanol–water partition coefficient (Wildman–Crippen LogP) is 3.99. The first-order valence-corrected chi connectivity index (χ1v) is 9.02. The Morgan fingerprint density at radius 2 is 1.92 bits per heavy atom. The van der Waals surface area contributed by atoms with Crippen molar-refractivity contribution < 1.29 is 0 Å². The van der Waals surface area contributed by atoms with Crippen LogP contribution in [0.2, 0.25) is 0 Å². The van der Waals surface area contributed by atoms with Crippen molar-refractivity contribution in [2.24, 2.45) is 0 Å². The topological polar surface area (TPSA) is 76.7 Å². The molecule has 0 aliphatic heterocycles. The molecule has 0 spiro atoms. The summed E-state index contributed by atoms with van der Waals surface area (Å²) in [6, 6.07) is 19.5. The average Bonchev–Trinajstić information content (AvgIpc) is 3.33. The maximum atomic E-state index is 12.7. The highest BCUT2D eigenvalue weighted by atomic mass is 32.1. The van der Waals surface area contributed by atoms with Gasteiger partial charge in [0.1, 0.15) is 5.82 Å². The highest BCUT2D eigenvalue weighted by Gasteiger charge is 2.13. The van der Waals surface area contributed by atoms with Crippen molar-refractivity contribution in [3.63, 3.8) is 0 Å². The number of para-hydroxylation sites is 1. The number of pyridine rings is 1. The number of nitrogen functional groups attached to an aromatic ring is 1. The van der Waals surface area contributed by atoms with Crippen molar-refractivity contribution in [1.29, 1.82) is 0 Å². The highest BCUT2D eigenvalue weighted by Crippen LogP contribution is 2.28. The van der Waals surface area contributed by atoms with Gasteiger partial charge in [0, 0.05) is 10.3 Å². The Morgan fingerprint density at radius 3 is 2.77 bits per heavy atom. The van der Waals surface area contributed by atoms with Crippen LogP contribution in [0.25, 0.3) is 43.8 Å². The van der Waals surface area contributed by atoms with Gasteiger partial charge in [-0.2, -0.15) is 0 Å². The van der Waals surface area contributed by atoms with Gasteiger partial charge in [0.2, 0.25) is 0 Å². The van der Waals surface area contributed by atoms with Crippen LogP contribution in [0.4, 0.5) is 0 Å². The van der Waals surface area contributed by atoms with Crippen molar-refractivity contribution in [3.8, 4) is 21.8 Å². The first-order valence-electron chi connectivity index (χ1n) is 8.14. The van der Waals surface area contributed by atoms with E-state index in [0.717, 1.165) is 22.0 Å². The predicted molar refractivity (Wildman–Crippen MR) is 107 cm³/mol. The Labute approximate surface area is 152 Å². The molecule has 0 aliphatic rings. The Kier molecular flexibility index (Phi) is 3.20. The fraction of sp³-hybridized carbons (Fsp3) is 0. The molecule has 5 nitrogen and oxygen atoms in total. The first-order chi connectivity index (χ1) is 12.7. The molecule has 0 aliphatic carbocycles. The van der Waals surface area contributed by atoms with E-state index in [1.165, 1.54) is 9.55 Å². The number of fused-ring (bicyclic) bond motifs is 2.